The molecule has 0 heterocycles. The normalized spacial score (nSPS) is 12.8. The van der Waals surface area contributed by atoms with Crippen LogP contribution >= 0.6 is 7.60 Å². The quantitative estimate of drug-likeness (QED) is 0.783. The van der Waals surface area contributed by atoms with Gasteiger partial charge in [-0.1, -0.05) is 42.5 Å². The molecule has 0 amide bonds. The van der Waals surface area contributed by atoms with Gasteiger partial charge in [0.2, 0.25) is 0 Å². The molecule has 0 unspecified atom stereocenters. The first-order valence-electron chi connectivity index (χ1n) is 5.54. The molecule has 2 aromatic rings. The molecule has 102 valence electrons. The molecule has 0 aromatic heterocycles. The van der Waals surface area contributed by atoms with Crippen LogP contribution in [0.4, 0.5) is 8.78 Å². The molecule has 2 rings (SSSR count). The molecule has 0 aliphatic carbocycles. The summed E-state index contributed by atoms with van der Waals surface area (Å²) in [5.41, 5.74) is -4.07. The zero-order chi connectivity index (χ0) is 14.1. The predicted octanol–water partition coefficient (Wildman–Crippen LogP) is 4.38. The van der Waals surface area contributed by atoms with E-state index in [0.29, 0.717) is 10.8 Å². The van der Waals surface area contributed by atoms with Crippen molar-refractivity contribution in [2.45, 2.75) is 5.66 Å². The van der Waals surface area contributed by atoms with Crippen LogP contribution in [-0.4, -0.2) is 14.2 Å². The standard InChI is InChI=1S/C13H13F2O3P/c1-17-19(16,18-2)13(14,15)12-9-5-7-10-6-3-4-8-11(10)12/h3-9H,1-2H3. The van der Waals surface area contributed by atoms with E-state index in [0.717, 1.165) is 14.2 Å². The van der Waals surface area contributed by atoms with Gasteiger partial charge in [-0.15, -0.1) is 0 Å². The van der Waals surface area contributed by atoms with Gasteiger partial charge in [0.05, 0.1) is 0 Å². The van der Waals surface area contributed by atoms with Gasteiger partial charge in [-0.25, -0.2) is 0 Å². The fourth-order valence-corrected chi connectivity index (χ4v) is 3.04. The molecule has 3 nitrogen and oxygen atoms in total. The molecular formula is C13H13F2O3P. The van der Waals surface area contributed by atoms with Crippen LogP contribution in [-0.2, 0) is 19.3 Å². The minimum atomic E-state index is -4.54. The van der Waals surface area contributed by atoms with Gasteiger partial charge in [0, 0.05) is 19.8 Å². The summed E-state index contributed by atoms with van der Waals surface area (Å²) in [7, 11) is -2.65. The first-order chi connectivity index (χ1) is 8.96. The first kappa shape index (κ1) is 14.1. The third-order valence-corrected chi connectivity index (χ3v) is 4.83. The lowest BCUT2D eigenvalue weighted by atomic mass is 10.1. The van der Waals surface area contributed by atoms with Crippen LogP contribution in [0.25, 0.3) is 10.8 Å². The smallest absolute Gasteiger partial charge is 0.308 e. The highest BCUT2D eigenvalue weighted by molar-refractivity contribution is 7.54. The van der Waals surface area contributed by atoms with Crippen LogP contribution in [0, 0.1) is 0 Å². The highest BCUT2D eigenvalue weighted by atomic mass is 31.2. The number of benzene rings is 2. The van der Waals surface area contributed by atoms with E-state index in [2.05, 4.69) is 9.05 Å². The van der Waals surface area contributed by atoms with Crippen LogP contribution < -0.4 is 0 Å². The topological polar surface area (TPSA) is 35.5 Å². The molecule has 0 atom stereocenters. The van der Waals surface area contributed by atoms with Crippen LogP contribution in [0.5, 0.6) is 0 Å². The molecule has 2 aromatic carbocycles. The van der Waals surface area contributed by atoms with Crippen molar-refractivity contribution in [2.24, 2.45) is 0 Å². The predicted molar refractivity (Wildman–Crippen MR) is 69.5 cm³/mol. The molecule has 0 fully saturated rings. The van der Waals surface area contributed by atoms with Gasteiger partial charge in [0.1, 0.15) is 0 Å². The average Bonchev–Trinajstić information content (AvgIpc) is 2.45. The maximum absolute atomic E-state index is 14.4. The Labute approximate surface area is 109 Å². The highest BCUT2D eigenvalue weighted by Crippen LogP contribution is 2.66. The van der Waals surface area contributed by atoms with Crippen LogP contribution in [0.3, 0.4) is 0 Å². The zero-order valence-electron chi connectivity index (χ0n) is 10.5. The Kier molecular flexibility index (Phi) is 3.72. The summed E-state index contributed by atoms with van der Waals surface area (Å²) in [5.74, 6) is 0. The van der Waals surface area contributed by atoms with Gasteiger partial charge in [-0.2, -0.15) is 8.78 Å². The van der Waals surface area contributed by atoms with Crippen molar-refractivity contribution in [3.05, 3.63) is 48.0 Å². The number of rotatable bonds is 4. The number of halogens is 2. The third kappa shape index (κ3) is 2.18. The Morgan fingerprint density at radius 1 is 1.00 bits per heavy atom. The minimum Gasteiger partial charge on any atom is -0.308 e. The summed E-state index contributed by atoms with van der Waals surface area (Å²) in [6.45, 7) is 0. The van der Waals surface area contributed by atoms with E-state index in [1.165, 1.54) is 12.1 Å². The number of hydrogen-bond donors (Lipinski definition) is 0. The summed E-state index contributed by atoms with van der Waals surface area (Å²) in [5, 5.41) is 0.961. The van der Waals surface area contributed by atoms with E-state index in [-0.39, 0.29) is 5.56 Å². The highest BCUT2D eigenvalue weighted by Gasteiger charge is 2.54. The summed E-state index contributed by atoms with van der Waals surface area (Å²) in [6, 6.07) is 11.1. The molecule has 0 aliphatic rings. The second-order valence-corrected chi connectivity index (χ2v) is 6.22. The summed E-state index contributed by atoms with van der Waals surface area (Å²) in [4.78, 5) is 0. The van der Waals surface area contributed by atoms with Crippen molar-refractivity contribution in [3.8, 4) is 0 Å². The van der Waals surface area contributed by atoms with Gasteiger partial charge >= 0.3 is 13.3 Å². The van der Waals surface area contributed by atoms with Crippen LogP contribution in [0.1, 0.15) is 5.56 Å². The summed E-state index contributed by atoms with van der Waals surface area (Å²) in [6.07, 6.45) is 0. The number of fused-ring (bicyclic) bond motifs is 1. The third-order valence-electron chi connectivity index (χ3n) is 2.94. The van der Waals surface area contributed by atoms with Crippen molar-refractivity contribution in [3.63, 3.8) is 0 Å². The van der Waals surface area contributed by atoms with E-state index in [1.54, 1.807) is 30.3 Å². The number of alkyl halides is 2. The molecule has 0 saturated carbocycles. The first-order valence-corrected chi connectivity index (χ1v) is 7.08. The maximum Gasteiger partial charge on any atom is 0.403 e. The molecule has 0 N–H and O–H groups in total. The summed E-state index contributed by atoms with van der Waals surface area (Å²) < 4.78 is 49.7. The van der Waals surface area contributed by atoms with E-state index in [9.17, 15) is 13.3 Å². The van der Waals surface area contributed by atoms with Crippen molar-refractivity contribution in [1.82, 2.24) is 0 Å². The van der Waals surface area contributed by atoms with Crippen LogP contribution in [0.15, 0.2) is 42.5 Å². The molecular weight excluding hydrogens is 273 g/mol. The van der Waals surface area contributed by atoms with E-state index < -0.39 is 13.3 Å². The fourth-order valence-electron chi connectivity index (χ4n) is 1.94. The van der Waals surface area contributed by atoms with Gasteiger partial charge in [0.15, 0.2) is 0 Å². The molecule has 0 saturated heterocycles. The zero-order valence-corrected chi connectivity index (χ0v) is 11.4. The molecule has 0 radical (unpaired) electrons. The maximum atomic E-state index is 14.4. The molecule has 0 bridgehead atoms. The minimum absolute atomic E-state index is 0.323. The van der Waals surface area contributed by atoms with Crippen LogP contribution in [0.2, 0.25) is 0 Å². The van der Waals surface area contributed by atoms with Crippen molar-refractivity contribution < 1.29 is 22.4 Å². The van der Waals surface area contributed by atoms with Gasteiger partial charge < -0.3 is 9.05 Å². The van der Waals surface area contributed by atoms with Crippen molar-refractivity contribution in [1.29, 1.82) is 0 Å². The lowest BCUT2D eigenvalue weighted by Gasteiger charge is -2.24. The monoisotopic (exact) mass is 286 g/mol. The Bertz CT molecular complexity index is 629. The SMILES string of the molecule is COP(=O)(OC)C(F)(F)c1cccc2ccccc12. The molecule has 6 heteroatoms. The molecule has 19 heavy (non-hydrogen) atoms. The fraction of sp³-hybridized carbons (Fsp3) is 0.231. The lowest BCUT2D eigenvalue weighted by molar-refractivity contribution is 0.0467. The van der Waals surface area contributed by atoms with Gasteiger partial charge in [-0.05, 0) is 10.8 Å². The van der Waals surface area contributed by atoms with E-state index in [1.807, 2.05) is 0 Å². The Balaban J connectivity index is 2.70. The Morgan fingerprint density at radius 2 is 1.58 bits per heavy atom. The molecule has 0 aliphatic heterocycles. The Hall–Kier alpha value is -1.29. The van der Waals surface area contributed by atoms with Gasteiger partial charge in [0.25, 0.3) is 0 Å². The van der Waals surface area contributed by atoms with Crippen molar-refractivity contribution in [2.75, 3.05) is 14.2 Å². The van der Waals surface area contributed by atoms with E-state index >= 15 is 0 Å². The largest absolute Gasteiger partial charge is 0.403 e. The van der Waals surface area contributed by atoms with Gasteiger partial charge in [-0.3, -0.25) is 4.57 Å². The second-order valence-electron chi connectivity index (χ2n) is 3.93. The van der Waals surface area contributed by atoms with Crippen molar-refractivity contribution >= 4 is 18.4 Å². The second kappa shape index (κ2) is 5.00. The molecule has 0 spiro atoms. The average molecular weight is 286 g/mol. The number of hydrogen-bond acceptors (Lipinski definition) is 3. The summed E-state index contributed by atoms with van der Waals surface area (Å²) >= 11 is 0. The van der Waals surface area contributed by atoms with E-state index in [4.69, 9.17) is 0 Å². The Morgan fingerprint density at radius 3 is 2.21 bits per heavy atom. The lowest BCUT2D eigenvalue weighted by Crippen LogP contribution is -2.16.